The fourth-order valence-corrected chi connectivity index (χ4v) is 2.98. The van der Waals surface area contributed by atoms with Crippen LogP contribution < -0.4 is 19.5 Å². The second-order valence-corrected chi connectivity index (χ2v) is 6.78. The molecule has 8 heteroatoms. The molecule has 1 N–H and O–H groups in total. The quantitative estimate of drug-likeness (QED) is 0.595. The van der Waals surface area contributed by atoms with Crippen LogP contribution in [0.1, 0.15) is 15.9 Å². The molecule has 0 saturated carbocycles. The van der Waals surface area contributed by atoms with Crippen LogP contribution in [0, 0.1) is 0 Å². The Morgan fingerprint density at radius 2 is 1.64 bits per heavy atom. The van der Waals surface area contributed by atoms with Gasteiger partial charge in [-0.05, 0) is 17.7 Å². The molecule has 1 aromatic heterocycles. The lowest BCUT2D eigenvalue weighted by atomic mass is 10.1. The molecule has 1 amide bonds. The molecular formula is C20H20BrN3O4. The molecule has 0 bridgehead atoms. The van der Waals surface area contributed by atoms with E-state index < -0.39 is 0 Å². The highest BCUT2D eigenvalue weighted by Gasteiger charge is 2.19. The van der Waals surface area contributed by atoms with E-state index in [1.54, 1.807) is 29.1 Å². The number of halogens is 1. The molecule has 7 nitrogen and oxygen atoms in total. The molecule has 0 saturated heterocycles. The maximum atomic E-state index is 12.9. The smallest absolute Gasteiger partial charge is 0.260 e. The molecule has 3 rings (SSSR count). The van der Waals surface area contributed by atoms with E-state index in [2.05, 4.69) is 26.3 Å². The Kier molecular flexibility index (Phi) is 6.20. The topological polar surface area (TPSA) is 74.6 Å². The lowest BCUT2D eigenvalue weighted by Crippen LogP contribution is -2.17. The van der Waals surface area contributed by atoms with Crippen molar-refractivity contribution in [2.75, 3.05) is 26.6 Å². The summed E-state index contributed by atoms with van der Waals surface area (Å²) in [5.74, 6) is 1.54. The van der Waals surface area contributed by atoms with Gasteiger partial charge in [0.1, 0.15) is 11.6 Å². The van der Waals surface area contributed by atoms with E-state index in [0.29, 0.717) is 35.2 Å². The monoisotopic (exact) mass is 445 g/mol. The number of methoxy groups -OCH3 is 3. The highest BCUT2D eigenvalue weighted by molar-refractivity contribution is 9.10. The van der Waals surface area contributed by atoms with Gasteiger partial charge >= 0.3 is 0 Å². The van der Waals surface area contributed by atoms with Crippen LogP contribution in [0.5, 0.6) is 17.2 Å². The summed E-state index contributed by atoms with van der Waals surface area (Å²) in [6.07, 6.45) is 1.64. The molecule has 0 spiro atoms. The second-order valence-electron chi connectivity index (χ2n) is 5.86. The number of ether oxygens (including phenoxy) is 3. The Morgan fingerprint density at radius 3 is 2.29 bits per heavy atom. The average Bonchev–Trinajstić information content (AvgIpc) is 3.14. The first-order valence-corrected chi connectivity index (χ1v) is 9.22. The molecule has 0 atom stereocenters. The predicted molar refractivity (Wildman–Crippen MR) is 110 cm³/mol. The highest BCUT2D eigenvalue weighted by Crippen LogP contribution is 2.35. The molecule has 0 radical (unpaired) electrons. The number of hydrogen-bond donors (Lipinski definition) is 1. The third-order valence-electron chi connectivity index (χ3n) is 4.15. The molecule has 0 fully saturated rings. The van der Waals surface area contributed by atoms with Crippen LogP contribution in [0.4, 0.5) is 5.82 Å². The molecule has 0 aliphatic rings. The Hall–Kier alpha value is -3.00. The van der Waals surface area contributed by atoms with Crippen LogP contribution in [-0.4, -0.2) is 37.0 Å². The zero-order chi connectivity index (χ0) is 20.1. The molecule has 0 aliphatic carbocycles. The van der Waals surface area contributed by atoms with Crippen LogP contribution in [0.25, 0.3) is 0 Å². The number of amides is 1. The van der Waals surface area contributed by atoms with E-state index in [0.717, 1.165) is 10.0 Å². The molecule has 146 valence electrons. The van der Waals surface area contributed by atoms with Crippen LogP contribution in [-0.2, 0) is 6.54 Å². The van der Waals surface area contributed by atoms with Crippen molar-refractivity contribution >= 4 is 27.7 Å². The zero-order valence-corrected chi connectivity index (χ0v) is 17.3. The van der Waals surface area contributed by atoms with Crippen molar-refractivity contribution in [1.82, 2.24) is 9.78 Å². The minimum absolute atomic E-state index is 0.330. The summed E-state index contributed by atoms with van der Waals surface area (Å²) in [5, 5.41) is 7.18. The lowest BCUT2D eigenvalue weighted by Gasteiger charge is -2.14. The Morgan fingerprint density at radius 1 is 1.00 bits per heavy atom. The maximum Gasteiger partial charge on any atom is 0.260 e. The van der Waals surface area contributed by atoms with Gasteiger partial charge in [0.15, 0.2) is 11.5 Å². The van der Waals surface area contributed by atoms with E-state index in [9.17, 15) is 4.79 Å². The van der Waals surface area contributed by atoms with Gasteiger partial charge in [0.25, 0.3) is 5.91 Å². The number of nitrogens with one attached hydrogen (secondary N) is 1. The van der Waals surface area contributed by atoms with E-state index in [1.165, 1.54) is 21.3 Å². The average molecular weight is 446 g/mol. The molecule has 2 aromatic carbocycles. The molecule has 1 heterocycles. The van der Waals surface area contributed by atoms with Crippen molar-refractivity contribution < 1.29 is 19.0 Å². The molecular weight excluding hydrogens is 426 g/mol. The Labute approximate surface area is 171 Å². The highest BCUT2D eigenvalue weighted by atomic mass is 79.9. The van der Waals surface area contributed by atoms with Gasteiger partial charge in [-0.25, -0.2) is 4.68 Å². The van der Waals surface area contributed by atoms with E-state index in [1.807, 2.05) is 24.3 Å². The van der Waals surface area contributed by atoms with Gasteiger partial charge in [0, 0.05) is 22.7 Å². The summed E-state index contributed by atoms with van der Waals surface area (Å²) in [6.45, 7) is 0.527. The standard InChI is InChI=1S/C20H20BrN3O4/c1-26-16-11-18(28-3)17(27-2)10-15(16)20(25)23-19-8-9-22-24(19)12-13-4-6-14(21)7-5-13/h4-11H,12H2,1-3H3,(H,23,25). The van der Waals surface area contributed by atoms with Crippen LogP contribution in [0.2, 0.25) is 0 Å². The summed E-state index contributed by atoms with van der Waals surface area (Å²) in [5.41, 5.74) is 1.39. The minimum atomic E-state index is -0.338. The van der Waals surface area contributed by atoms with Crippen molar-refractivity contribution in [3.8, 4) is 17.2 Å². The first-order valence-electron chi connectivity index (χ1n) is 8.43. The Bertz CT molecular complexity index is 970. The molecule has 3 aromatic rings. The van der Waals surface area contributed by atoms with Crippen molar-refractivity contribution in [2.45, 2.75) is 6.54 Å². The van der Waals surface area contributed by atoms with Crippen LogP contribution in [0.15, 0.2) is 53.1 Å². The number of nitrogens with zero attached hydrogens (tertiary/aromatic N) is 2. The Balaban J connectivity index is 1.84. The van der Waals surface area contributed by atoms with E-state index in [4.69, 9.17) is 14.2 Å². The first kappa shape index (κ1) is 19.8. The second kappa shape index (κ2) is 8.79. The zero-order valence-electron chi connectivity index (χ0n) is 15.7. The van der Waals surface area contributed by atoms with Gasteiger partial charge in [-0.15, -0.1) is 0 Å². The van der Waals surface area contributed by atoms with Gasteiger partial charge in [-0.1, -0.05) is 28.1 Å². The summed E-state index contributed by atoms with van der Waals surface area (Å²) < 4.78 is 18.6. The van der Waals surface area contributed by atoms with Crippen molar-refractivity contribution in [1.29, 1.82) is 0 Å². The van der Waals surface area contributed by atoms with Crippen LogP contribution >= 0.6 is 15.9 Å². The van der Waals surface area contributed by atoms with Crippen LogP contribution in [0.3, 0.4) is 0 Å². The van der Waals surface area contributed by atoms with Crippen molar-refractivity contribution in [3.05, 3.63) is 64.3 Å². The summed E-state index contributed by atoms with van der Waals surface area (Å²) in [7, 11) is 4.53. The molecule has 28 heavy (non-hydrogen) atoms. The molecule has 0 unspecified atom stereocenters. The van der Waals surface area contributed by atoms with Crippen molar-refractivity contribution in [2.24, 2.45) is 0 Å². The summed E-state index contributed by atoms with van der Waals surface area (Å²) in [6, 6.07) is 12.9. The van der Waals surface area contributed by atoms with E-state index >= 15 is 0 Å². The first-order chi connectivity index (χ1) is 13.5. The lowest BCUT2D eigenvalue weighted by molar-refractivity contribution is 0.102. The number of benzene rings is 2. The minimum Gasteiger partial charge on any atom is -0.496 e. The summed E-state index contributed by atoms with van der Waals surface area (Å²) >= 11 is 3.42. The van der Waals surface area contributed by atoms with Crippen molar-refractivity contribution in [3.63, 3.8) is 0 Å². The van der Waals surface area contributed by atoms with Gasteiger partial charge in [-0.3, -0.25) is 4.79 Å². The van der Waals surface area contributed by atoms with Gasteiger partial charge in [0.05, 0.1) is 39.6 Å². The normalized spacial score (nSPS) is 10.4. The van der Waals surface area contributed by atoms with E-state index in [-0.39, 0.29) is 5.91 Å². The number of hydrogen-bond acceptors (Lipinski definition) is 5. The number of aromatic nitrogens is 2. The fraction of sp³-hybridized carbons (Fsp3) is 0.200. The number of carbonyl (C=O) groups is 1. The fourth-order valence-electron chi connectivity index (χ4n) is 2.72. The summed E-state index contributed by atoms with van der Waals surface area (Å²) in [4.78, 5) is 12.9. The molecule has 0 aliphatic heterocycles. The third kappa shape index (κ3) is 4.28. The van der Waals surface area contributed by atoms with Gasteiger partial charge in [0.2, 0.25) is 0 Å². The third-order valence-corrected chi connectivity index (χ3v) is 4.68. The predicted octanol–water partition coefficient (Wildman–Crippen LogP) is 3.97. The number of carbonyl (C=O) groups excluding carboxylic acids is 1. The van der Waals surface area contributed by atoms with Gasteiger partial charge < -0.3 is 19.5 Å². The SMILES string of the molecule is COc1cc(OC)c(C(=O)Nc2ccnn2Cc2ccc(Br)cc2)cc1OC. The maximum absolute atomic E-state index is 12.9. The number of rotatable bonds is 7. The number of anilines is 1. The van der Waals surface area contributed by atoms with Gasteiger partial charge in [-0.2, -0.15) is 5.10 Å². The largest absolute Gasteiger partial charge is 0.496 e.